The number of phenols is 2. The minimum atomic E-state index is -1.15. The lowest BCUT2D eigenvalue weighted by Crippen LogP contribution is -2.37. The second-order valence-corrected chi connectivity index (χ2v) is 4.77. The lowest BCUT2D eigenvalue weighted by atomic mass is 9.69. The molecule has 0 radical (unpaired) electrons. The Labute approximate surface area is 104 Å². The van der Waals surface area contributed by atoms with Crippen LogP contribution in [0.5, 0.6) is 11.5 Å². The van der Waals surface area contributed by atoms with E-state index in [0.29, 0.717) is 12.8 Å². The SMILES string of the molecule is O=C(O)C1(c2cc(O)c(O)c(F)c2)CCCCC1. The molecular formula is C13H15FO4. The number of aliphatic carboxylic acids is 1. The maximum Gasteiger partial charge on any atom is 0.314 e. The predicted molar refractivity (Wildman–Crippen MR) is 62.1 cm³/mol. The van der Waals surface area contributed by atoms with Crippen LogP contribution >= 0.6 is 0 Å². The van der Waals surface area contributed by atoms with Gasteiger partial charge in [-0.2, -0.15) is 0 Å². The Morgan fingerprint density at radius 1 is 1.17 bits per heavy atom. The third-order valence-electron chi connectivity index (χ3n) is 3.71. The van der Waals surface area contributed by atoms with Gasteiger partial charge >= 0.3 is 5.97 Å². The summed E-state index contributed by atoms with van der Waals surface area (Å²) in [6.07, 6.45) is 3.32. The molecule has 0 aliphatic heterocycles. The van der Waals surface area contributed by atoms with Crippen LogP contribution in [0.4, 0.5) is 4.39 Å². The normalized spacial score (nSPS) is 18.5. The molecule has 1 aromatic rings. The summed E-state index contributed by atoms with van der Waals surface area (Å²) in [5, 5.41) is 28.0. The van der Waals surface area contributed by atoms with E-state index in [-0.39, 0.29) is 5.56 Å². The monoisotopic (exact) mass is 254 g/mol. The maximum absolute atomic E-state index is 13.4. The number of rotatable bonds is 2. The van der Waals surface area contributed by atoms with Gasteiger partial charge in [-0.25, -0.2) is 4.39 Å². The van der Waals surface area contributed by atoms with Crippen LogP contribution in [0.3, 0.4) is 0 Å². The van der Waals surface area contributed by atoms with E-state index < -0.39 is 28.7 Å². The van der Waals surface area contributed by atoms with Gasteiger partial charge in [-0.15, -0.1) is 0 Å². The topological polar surface area (TPSA) is 77.8 Å². The summed E-state index contributed by atoms with van der Waals surface area (Å²) in [5.41, 5.74) is -0.924. The van der Waals surface area contributed by atoms with Crippen molar-refractivity contribution in [3.05, 3.63) is 23.5 Å². The van der Waals surface area contributed by atoms with E-state index in [2.05, 4.69) is 0 Å². The molecule has 1 aliphatic rings. The number of hydrogen-bond donors (Lipinski definition) is 3. The first-order valence-electron chi connectivity index (χ1n) is 5.93. The summed E-state index contributed by atoms with van der Waals surface area (Å²) in [7, 11) is 0. The minimum absolute atomic E-state index is 0.225. The molecule has 18 heavy (non-hydrogen) atoms. The Bertz CT molecular complexity index is 455. The molecule has 4 nitrogen and oxygen atoms in total. The van der Waals surface area contributed by atoms with Crippen LogP contribution in [0.1, 0.15) is 37.7 Å². The van der Waals surface area contributed by atoms with Gasteiger partial charge in [0.25, 0.3) is 0 Å². The van der Waals surface area contributed by atoms with Gasteiger partial charge in [0.05, 0.1) is 5.41 Å². The van der Waals surface area contributed by atoms with Crippen molar-refractivity contribution in [3.63, 3.8) is 0 Å². The van der Waals surface area contributed by atoms with Crippen LogP contribution < -0.4 is 0 Å². The summed E-state index contributed by atoms with van der Waals surface area (Å²) in [4.78, 5) is 11.5. The van der Waals surface area contributed by atoms with Gasteiger partial charge in [0.2, 0.25) is 0 Å². The van der Waals surface area contributed by atoms with Crippen molar-refractivity contribution in [1.82, 2.24) is 0 Å². The summed E-state index contributed by atoms with van der Waals surface area (Å²) in [5.74, 6) is -3.45. The van der Waals surface area contributed by atoms with Crippen molar-refractivity contribution in [2.24, 2.45) is 0 Å². The Morgan fingerprint density at radius 3 is 2.28 bits per heavy atom. The van der Waals surface area contributed by atoms with Crippen LogP contribution in [0.25, 0.3) is 0 Å². The van der Waals surface area contributed by atoms with E-state index in [4.69, 9.17) is 0 Å². The molecule has 0 atom stereocenters. The molecule has 1 aromatic carbocycles. The molecule has 5 heteroatoms. The Kier molecular flexibility index (Phi) is 3.15. The smallest absolute Gasteiger partial charge is 0.314 e. The van der Waals surface area contributed by atoms with E-state index in [1.54, 1.807) is 0 Å². The summed E-state index contributed by atoms with van der Waals surface area (Å²) in [6, 6.07) is 2.16. The van der Waals surface area contributed by atoms with Crippen LogP contribution in [0, 0.1) is 5.82 Å². The Hall–Kier alpha value is -1.78. The molecule has 0 spiro atoms. The van der Waals surface area contributed by atoms with Crippen molar-refractivity contribution < 1.29 is 24.5 Å². The van der Waals surface area contributed by atoms with Crippen molar-refractivity contribution >= 4 is 5.97 Å². The largest absolute Gasteiger partial charge is 0.504 e. The first-order valence-corrected chi connectivity index (χ1v) is 5.93. The highest BCUT2D eigenvalue weighted by atomic mass is 19.1. The molecule has 98 valence electrons. The molecule has 3 N–H and O–H groups in total. The molecule has 0 unspecified atom stereocenters. The van der Waals surface area contributed by atoms with E-state index in [1.807, 2.05) is 0 Å². The van der Waals surface area contributed by atoms with E-state index in [9.17, 15) is 24.5 Å². The fourth-order valence-corrected chi connectivity index (χ4v) is 2.64. The molecule has 0 aromatic heterocycles. The van der Waals surface area contributed by atoms with Crippen molar-refractivity contribution in [1.29, 1.82) is 0 Å². The average Bonchev–Trinajstić information content (AvgIpc) is 2.36. The standard InChI is InChI=1S/C13H15FO4/c14-9-6-8(7-10(15)11(9)16)13(12(17)18)4-2-1-3-5-13/h6-7,15-16H,1-5H2,(H,17,18). The predicted octanol–water partition coefficient (Wildman–Crippen LogP) is 2.52. The average molecular weight is 254 g/mol. The summed E-state index contributed by atoms with van der Waals surface area (Å²) in [6.45, 7) is 0. The van der Waals surface area contributed by atoms with Gasteiger partial charge in [0.1, 0.15) is 0 Å². The molecule has 0 heterocycles. The third-order valence-corrected chi connectivity index (χ3v) is 3.71. The Balaban J connectivity index is 2.52. The van der Waals surface area contributed by atoms with Gasteiger partial charge < -0.3 is 15.3 Å². The van der Waals surface area contributed by atoms with Crippen molar-refractivity contribution in [2.75, 3.05) is 0 Å². The highest BCUT2D eigenvalue weighted by Gasteiger charge is 2.42. The van der Waals surface area contributed by atoms with Gasteiger partial charge in [0, 0.05) is 0 Å². The van der Waals surface area contributed by atoms with E-state index in [0.717, 1.165) is 31.4 Å². The molecule has 0 bridgehead atoms. The molecular weight excluding hydrogens is 239 g/mol. The third kappa shape index (κ3) is 1.89. The number of hydrogen-bond acceptors (Lipinski definition) is 3. The van der Waals surface area contributed by atoms with Crippen LogP contribution in [0.2, 0.25) is 0 Å². The summed E-state index contributed by atoms with van der Waals surface area (Å²) >= 11 is 0. The molecule has 1 saturated carbocycles. The van der Waals surface area contributed by atoms with Gasteiger partial charge in [0.15, 0.2) is 17.3 Å². The number of carboxylic acid groups (broad SMARTS) is 1. The lowest BCUT2D eigenvalue weighted by Gasteiger charge is -2.33. The van der Waals surface area contributed by atoms with E-state index >= 15 is 0 Å². The molecule has 2 rings (SSSR count). The second-order valence-electron chi connectivity index (χ2n) is 4.77. The van der Waals surface area contributed by atoms with Crippen LogP contribution in [0.15, 0.2) is 12.1 Å². The minimum Gasteiger partial charge on any atom is -0.504 e. The molecule has 1 fully saturated rings. The molecule has 0 amide bonds. The summed E-state index contributed by atoms with van der Waals surface area (Å²) < 4.78 is 13.4. The Morgan fingerprint density at radius 2 is 1.78 bits per heavy atom. The second kappa shape index (κ2) is 4.48. The van der Waals surface area contributed by atoms with Gasteiger partial charge in [-0.05, 0) is 30.5 Å². The fraction of sp³-hybridized carbons (Fsp3) is 0.462. The fourth-order valence-electron chi connectivity index (χ4n) is 2.64. The number of phenolic OH excluding ortho intramolecular Hbond substituents is 2. The highest BCUT2D eigenvalue weighted by Crippen LogP contribution is 2.43. The number of benzene rings is 1. The lowest BCUT2D eigenvalue weighted by molar-refractivity contribution is -0.145. The molecule has 0 saturated heterocycles. The quantitative estimate of drug-likeness (QED) is 0.709. The van der Waals surface area contributed by atoms with Gasteiger partial charge in [-0.3, -0.25) is 4.79 Å². The number of halogens is 1. The maximum atomic E-state index is 13.4. The zero-order valence-electron chi connectivity index (χ0n) is 9.82. The number of carbonyl (C=O) groups is 1. The van der Waals surface area contributed by atoms with Crippen molar-refractivity contribution in [3.8, 4) is 11.5 Å². The number of aromatic hydroxyl groups is 2. The van der Waals surface area contributed by atoms with Crippen LogP contribution in [-0.2, 0) is 10.2 Å². The molecule has 1 aliphatic carbocycles. The highest BCUT2D eigenvalue weighted by molar-refractivity contribution is 5.82. The zero-order chi connectivity index (χ0) is 13.3. The van der Waals surface area contributed by atoms with E-state index in [1.165, 1.54) is 0 Å². The first kappa shape index (κ1) is 12.7. The first-order chi connectivity index (χ1) is 8.47. The number of carboxylic acids is 1. The van der Waals surface area contributed by atoms with Gasteiger partial charge in [-0.1, -0.05) is 19.3 Å². The van der Waals surface area contributed by atoms with Crippen molar-refractivity contribution in [2.45, 2.75) is 37.5 Å². The zero-order valence-corrected chi connectivity index (χ0v) is 9.82. The van der Waals surface area contributed by atoms with Crippen LogP contribution in [-0.4, -0.2) is 21.3 Å².